The van der Waals surface area contributed by atoms with Gasteiger partial charge >= 0.3 is 15.6 Å². The molecule has 0 N–H and O–H groups in total. The van der Waals surface area contributed by atoms with Crippen LogP contribution in [0.2, 0.25) is 5.02 Å². The highest BCUT2D eigenvalue weighted by Crippen LogP contribution is 2.32. The van der Waals surface area contributed by atoms with Crippen LogP contribution in [0.4, 0.5) is 13.2 Å². The van der Waals surface area contributed by atoms with E-state index in [4.69, 9.17) is 11.6 Å². The van der Waals surface area contributed by atoms with Gasteiger partial charge in [-0.2, -0.15) is 21.6 Å². The monoisotopic (exact) mass is 288 g/mol. The van der Waals surface area contributed by atoms with E-state index in [-0.39, 0.29) is 17.0 Å². The van der Waals surface area contributed by atoms with E-state index in [9.17, 15) is 21.6 Å². The van der Waals surface area contributed by atoms with Gasteiger partial charge in [0.25, 0.3) is 0 Å². The molecule has 0 unspecified atom stereocenters. The van der Waals surface area contributed by atoms with Crippen molar-refractivity contribution < 1.29 is 25.8 Å². The second kappa shape index (κ2) is 4.73. The minimum Gasteiger partial charge on any atom is -0.376 e. The predicted molar refractivity (Wildman–Crippen MR) is 56.4 cm³/mol. The second-order valence-corrected chi connectivity index (χ2v) is 5.00. The summed E-state index contributed by atoms with van der Waals surface area (Å²) in [5, 5.41) is 0.155. The van der Waals surface area contributed by atoms with Gasteiger partial charge in [-0.3, -0.25) is 0 Å². The van der Waals surface area contributed by atoms with Crippen LogP contribution in [0.25, 0.3) is 0 Å². The van der Waals surface area contributed by atoms with Crippen LogP contribution in [0.1, 0.15) is 12.5 Å². The van der Waals surface area contributed by atoms with E-state index in [0.717, 1.165) is 6.07 Å². The number of alkyl halides is 3. The standard InChI is InChI=1S/C9H8ClF3O3S/c1-2-6-7(10)4-3-5-8(6)16-17(14,15)9(11,12)13/h3-5H,2H2,1H3. The highest BCUT2D eigenvalue weighted by molar-refractivity contribution is 7.88. The van der Waals surface area contributed by atoms with E-state index in [0.29, 0.717) is 0 Å². The van der Waals surface area contributed by atoms with Gasteiger partial charge in [0.15, 0.2) is 0 Å². The molecular weight excluding hydrogens is 281 g/mol. The molecule has 0 aromatic heterocycles. The van der Waals surface area contributed by atoms with Gasteiger partial charge in [-0.25, -0.2) is 0 Å². The van der Waals surface area contributed by atoms with Crippen molar-refractivity contribution in [3.8, 4) is 5.75 Å². The van der Waals surface area contributed by atoms with Crippen molar-refractivity contribution in [2.75, 3.05) is 0 Å². The van der Waals surface area contributed by atoms with Gasteiger partial charge in [0.1, 0.15) is 5.75 Å². The summed E-state index contributed by atoms with van der Waals surface area (Å²) in [4.78, 5) is 0. The highest BCUT2D eigenvalue weighted by Gasteiger charge is 2.48. The fourth-order valence-corrected chi connectivity index (χ4v) is 1.91. The number of hydrogen-bond donors (Lipinski definition) is 0. The molecule has 0 fully saturated rings. The summed E-state index contributed by atoms with van der Waals surface area (Å²) in [6, 6.07) is 3.87. The van der Waals surface area contributed by atoms with Crippen molar-refractivity contribution in [2.24, 2.45) is 0 Å². The first kappa shape index (κ1) is 14.1. The van der Waals surface area contributed by atoms with Crippen molar-refractivity contribution in [3.05, 3.63) is 28.8 Å². The fraction of sp³-hybridized carbons (Fsp3) is 0.333. The lowest BCUT2D eigenvalue weighted by atomic mass is 10.1. The summed E-state index contributed by atoms with van der Waals surface area (Å²) in [7, 11) is -5.66. The Morgan fingerprint density at radius 2 is 1.94 bits per heavy atom. The van der Waals surface area contributed by atoms with Gasteiger partial charge in [0.05, 0.1) is 0 Å². The average molecular weight is 289 g/mol. The number of hydrogen-bond acceptors (Lipinski definition) is 3. The van der Waals surface area contributed by atoms with Gasteiger partial charge in [-0.1, -0.05) is 24.6 Å². The fourth-order valence-electron chi connectivity index (χ4n) is 1.13. The smallest absolute Gasteiger partial charge is 0.376 e. The summed E-state index contributed by atoms with van der Waals surface area (Å²) >= 11 is 5.72. The van der Waals surface area contributed by atoms with Crippen molar-refractivity contribution in [2.45, 2.75) is 18.9 Å². The molecule has 0 radical (unpaired) electrons. The Balaban J connectivity index is 3.17. The van der Waals surface area contributed by atoms with Crippen LogP contribution in [-0.2, 0) is 16.5 Å². The zero-order valence-corrected chi connectivity index (χ0v) is 10.2. The van der Waals surface area contributed by atoms with Gasteiger partial charge in [-0.15, -0.1) is 0 Å². The van der Waals surface area contributed by atoms with E-state index >= 15 is 0 Å². The Hall–Kier alpha value is -0.950. The second-order valence-electron chi connectivity index (χ2n) is 3.05. The molecular formula is C9H8ClF3O3S. The number of halogens is 4. The summed E-state index contributed by atoms with van der Waals surface area (Å²) in [6.45, 7) is 1.62. The molecule has 0 saturated carbocycles. The molecule has 1 aromatic carbocycles. The summed E-state index contributed by atoms with van der Waals surface area (Å²) in [6.07, 6.45) is 0.252. The van der Waals surface area contributed by atoms with Crippen molar-refractivity contribution in [3.63, 3.8) is 0 Å². The van der Waals surface area contributed by atoms with Crippen LogP contribution in [0.3, 0.4) is 0 Å². The molecule has 17 heavy (non-hydrogen) atoms. The Morgan fingerprint density at radius 1 is 1.35 bits per heavy atom. The van der Waals surface area contributed by atoms with Crippen LogP contribution in [-0.4, -0.2) is 13.9 Å². The van der Waals surface area contributed by atoms with Crippen LogP contribution < -0.4 is 4.18 Å². The molecule has 0 heterocycles. The zero-order chi connectivity index (χ0) is 13.3. The molecule has 0 saturated heterocycles. The third-order valence-corrected chi connectivity index (χ3v) is 3.23. The summed E-state index contributed by atoms with van der Waals surface area (Å²) in [5.74, 6) is -0.405. The van der Waals surface area contributed by atoms with E-state index < -0.39 is 21.4 Å². The van der Waals surface area contributed by atoms with Gasteiger partial charge in [0, 0.05) is 10.6 Å². The minimum atomic E-state index is -5.66. The summed E-state index contributed by atoms with van der Waals surface area (Å²) < 4.78 is 62.0. The van der Waals surface area contributed by atoms with Crippen molar-refractivity contribution >= 4 is 21.7 Å². The molecule has 0 aliphatic heterocycles. The molecule has 0 atom stereocenters. The maximum absolute atomic E-state index is 12.1. The maximum Gasteiger partial charge on any atom is 0.534 e. The van der Waals surface area contributed by atoms with Gasteiger partial charge < -0.3 is 4.18 Å². The zero-order valence-electron chi connectivity index (χ0n) is 8.58. The SMILES string of the molecule is CCc1c(Cl)cccc1OS(=O)(=O)C(F)(F)F. The molecule has 0 aliphatic carbocycles. The maximum atomic E-state index is 12.1. The average Bonchev–Trinajstić information content (AvgIpc) is 2.15. The van der Waals surface area contributed by atoms with E-state index in [1.165, 1.54) is 12.1 Å². The highest BCUT2D eigenvalue weighted by atomic mass is 35.5. The minimum absolute atomic E-state index is 0.155. The number of rotatable bonds is 3. The van der Waals surface area contributed by atoms with E-state index in [1.807, 2.05) is 0 Å². The molecule has 0 amide bonds. The lowest BCUT2D eigenvalue weighted by Gasteiger charge is -2.12. The molecule has 96 valence electrons. The number of benzene rings is 1. The third kappa shape index (κ3) is 3.04. The Bertz CT molecular complexity index is 511. The summed E-state index contributed by atoms with van der Waals surface area (Å²) in [5.41, 5.74) is -5.25. The molecule has 3 nitrogen and oxygen atoms in total. The van der Waals surface area contributed by atoms with Crippen molar-refractivity contribution in [1.29, 1.82) is 0 Å². The topological polar surface area (TPSA) is 43.4 Å². The molecule has 0 spiro atoms. The van der Waals surface area contributed by atoms with Crippen LogP contribution in [0.15, 0.2) is 18.2 Å². The lowest BCUT2D eigenvalue weighted by Crippen LogP contribution is -2.28. The molecule has 1 aromatic rings. The Morgan fingerprint density at radius 3 is 2.41 bits per heavy atom. The van der Waals surface area contributed by atoms with Crippen LogP contribution in [0, 0.1) is 0 Å². The predicted octanol–water partition coefficient (Wildman–Crippen LogP) is 3.13. The van der Waals surface area contributed by atoms with Gasteiger partial charge in [0.2, 0.25) is 0 Å². The molecule has 8 heteroatoms. The largest absolute Gasteiger partial charge is 0.534 e. The van der Waals surface area contributed by atoms with Crippen LogP contribution >= 0.6 is 11.6 Å². The first-order valence-electron chi connectivity index (χ1n) is 4.47. The van der Waals surface area contributed by atoms with Gasteiger partial charge in [-0.05, 0) is 18.6 Å². The van der Waals surface area contributed by atoms with Crippen molar-refractivity contribution in [1.82, 2.24) is 0 Å². The Kier molecular flexibility index (Phi) is 3.93. The first-order valence-corrected chi connectivity index (χ1v) is 6.26. The first-order chi connectivity index (χ1) is 7.69. The third-order valence-electron chi connectivity index (χ3n) is 1.91. The Labute approximate surface area is 101 Å². The molecule has 1 rings (SSSR count). The normalized spacial score (nSPS) is 12.5. The quantitative estimate of drug-likeness (QED) is 0.634. The van der Waals surface area contributed by atoms with E-state index in [2.05, 4.69) is 4.18 Å². The van der Waals surface area contributed by atoms with Crippen LogP contribution in [0.5, 0.6) is 5.75 Å². The van der Waals surface area contributed by atoms with E-state index in [1.54, 1.807) is 6.92 Å². The molecule has 0 bridgehead atoms. The molecule has 0 aliphatic rings. The lowest BCUT2D eigenvalue weighted by molar-refractivity contribution is -0.0500.